The average Bonchev–Trinajstić information content (AvgIpc) is 2.79. The van der Waals surface area contributed by atoms with E-state index in [-0.39, 0.29) is 5.91 Å². The number of hydrogen-bond donors (Lipinski definition) is 2. The fourth-order valence-corrected chi connectivity index (χ4v) is 2.42. The number of hydrogen-bond acceptors (Lipinski definition) is 2. The number of rotatable bonds is 8. The van der Waals surface area contributed by atoms with Gasteiger partial charge >= 0.3 is 0 Å². The third-order valence-electron chi connectivity index (χ3n) is 3.57. The van der Waals surface area contributed by atoms with Crippen LogP contribution in [0, 0.1) is 0 Å². The molecule has 0 heterocycles. The van der Waals surface area contributed by atoms with Gasteiger partial charge in [-0.3, -0.25) is 4.79 Å². The Bertz CT molecular complexity index is 212. The third kappa shape index (κ3) is 6.67. The van der Waals surface area contributed by atoms with Crippen LogP contribution < -0.4 is 10.6 Å². The monoisotopic (exact) mass is 240 g/mol. The van der Waals surface area contributed by atoms with Gasteiger partial charge in [-0.05, 0) is 26.2 Å². The smallest absolute Gasteiger partial charge is 0.234 e. The van der Waals surface area contributed by atoms with Gasteiger partial charge in [0.1, 0.15) is 0 Å². The Balaban J connectivity index is 2.01. The summed E-state index contributed by atoms with van der Waals surface area (Å²) in [5.74, 6) is 0.166. The average molecular weight is 240 g/mol. The number of carbonyl (C=O) groups excluding carboxylic acids is 1. The molecule has 1 aliphatic carbocycles. The first-order chi connectivity index (χ1) is 8.22. The third-order valence-corrected chi connectivity index (χ3v) is 3.57. The standard InChI is InChI=1S/C14H28N2O/c1-3-4-5-8-12(2)15-11-14(17)16-13-9-6-7-10-13/h12-13,15H,3-11H2,1-2H3,(H,16,17). The highest BCUT2D eigenvalue weighted by Crippen LogP contribution is 2.17. The molecule has 1 aliphatic rings. The molecule has 1 rings (SSSR count). The summed E-state index contributed by atoms with van der Waals surface area (Å²) in [7, 11) is 0. The van der Waals surface area contributed by atoms with Gasteiger partial charge in [-0.2, -0.15) is 0 Å². The Morgan fingerprint density at radius 1 is 1.29 bits per heavy atom. The zero-order valence-corrected chi connectivity index (χ0v) is 11.4. The van der Waals surface area contributed by atoms with Crippen molar-refractivity contribution in [2.24, 2.45) is 0 Å². The molecule has 1 amide bonds. The maximum absolute atomic E-state index is 11.7. The Labute approximate surface area is 106 Å². The molecule has 0 aromatic heterocycles. The van der Waals surface area contributed by atoms with Crippen molar-refractivity contribution in [2.75, 3.05) is 6.54 Å². The molecular formula is C14H28N2O. The highest BCUT2D eigenvalue weighted by molar-refractivity contribution is 5.78. The van der Waals surface area contributed by atoms with Gasteiger partial charge in [-0.15, -0.1) is 0 Å². The predicted molar refractivity (Wildman–Crippen MR) is 72.0 cm³/mol. The van der Waals surface area contributed by atoms with Crippen molar-refractivity contribution in [1.29, 1.82) is 0 Å². The van der Waals surface area contributed by atoms with Gasteiger partial charge in [0.2, 0.25) is 5.91 Å². The SMILES string of the molecule is CCCCCC(C)NCC(=O)NC1CCCC1. The second kappa shape index (κ2) is 8.51. The van der Waals surface area contributed by atoms with Crippen LogP contribution in [-0.2, 0) is 4.79 Å². The minimum absolute atomic E-state index is 0.166. The molecule has 1 unspecified atom stereocenters. The Hall–Kier alpha value is -0.570. The van der Waals surface area contributed by atoms with Crippen LogP contribution in [0.3, 0.4) is 0 Å². The second-order valence-electron chi connectivity index (χ2n) is 5.33. The van der Waals surface area contributed by atoms with Gasteiger partial charge in [0.15, 0.2) is 0 Å². The molecule has 3 heteroatoms. The van der Waals surface area contributed by atoms with Crippen LogP contribution in [0.4, 0.5) is 0 Å². The zero-order valence-electron chi connectivity index (χ0n) is 11.4. The quantitative estimate of drug-likeness (QED) is 0.640. The van der Waals surface area contributed by atoms with Gasteiger partial charge in [-0.25, -0.2) is 0 Å². The minimum atomic E-state index is 0.166. The van der Waals surface area contributed by atoms with Crippen molar-refractivity contribution in [1.82, 2.24) is 10.6 Å². The van der Waals surface area contributed by atoms with Crippen LogP contribution in [0.15, 0.2) is 0 Å². The van der Waals surface area contributed by atoms with E-state index in [2.05, 4.69) is 24.5 Å². The summed E-state index contributed by atoms with van der Waals surface area (Å²) in [5, 5.41) is 6.40. The van der Waals surface area contributed by atoms with E-state index in [1.165, 1.54) is 38.5 Å². The summed E-state index contributed by atoms with van der Waals surface area (Å²) in [6.07, 6.45) is 9.85. The van der Waals surface area contributed by atoms with Crippen molar-refractivity contribution in [3.05, 3.63) is 0 Å². The first kappa shape index (κ1) is 14.5. The number of amides is 1. The molecule has 0 saturated heterocycles. The molecular weight excluding hydrogens is 212 g/mol. The van der Waals surface area contributed by atoms with Crippen molar-refractivity contribution in [2.45, 2.75) is 77.3 Å². The number of unbranched alkanes of at least 4 members (excludes halogenated alkanes) is 2. The first-order valence-corrected chi connectivity index (χ1v) is 7.25. The lowest BCUT2D eigenvalue weighted by Crippen LogP contribution is -2.41. The van der Waals surface area contributed by atoms with Gasteiger partial charge in [0, 0.05) is 12.1 Å². The molecule has 3 nitrogen and oxygen atoms in total. The maximum Gasteiger partial charge on any atom is 0.234 e. The lowest BCUT2D eigenvalue weighted by molar-refractivity contribution is -0.121. The molecule has 0 aromatic carbocycles. The summed E-state index contributed by atoms with van der Waals surface area (Å²) in [4.78, 5) is 11.7. The summed E-state index contributed by atoms with van der Waals surface area (Å²) in [6, 6.07) is 0.899. The Morgan fingerprint density at radius 3 is 2.65 bits per heavy atom. The minimum Gasteiger partial charge on any atom is -0.352 e. The highest BCUT2D eigenvalue weighted by Gasteiger charge is 2.16. The van der Waals surface area contributed by atoms with Crippen LogP contribution in [0.2, 0.25) is 0 Å². The van der Waals surface area contributed by atoms with Crippen LogP contribution in [-0.4, -0.2) is 24.5 Å². The molecule has 1 saturated carbocycles. The van der Waals surface area contributed by atoms with E-state index in [4.69, 9.17) is 0 Å². The normalized spacial score (nSPS) is 18.2. The molecule has 0 radical (unpaired) electrons. The van der Waals surface area contributed by atoms with E-state index in [0.717, 1.165) is 12.8 Å². The van der Waals surface area contributed by atoms with Gasteiger partial charge in [0.05, 0.1) is 6.54 Å². The summed E-state index contributed by atoms with van der Waals surface area (Å²) < 4.78 is 0. The van der Waals surface area contributed by atoms with Gasteiger partial charge in [0.25, 0.3) is 0 Å². The fraction of sp³-hybridized carbons (Fsp3) is 0.929. The van der Waals surface area contributed by atoms with Crippen molar-refractivity contribution in [3.8, 4) is 0 Å². The second-order valence-corrected chi connectivity index (χ2v) is 5.33. The predicted octanol–water partition coefficient (Wildman–Crippen LogP) is 2.60. The molecule has 17 heavy (non-hydrogen) atoms. The lowest BCUT2D eigenvalue weighted by atomic mass is 10.1. The van der Waals surface area contributed by atoms with E-state index >= 15 is 0 Å². The fourth-order valence-electron chi connectivity index (χ4n) is 2.42. The molecule has 1 fully saturated rings. The topological polar surface area (TPSA) is 41.1 Å². The summed E-state index contributed by atoms with van der Waals surface area (Å²) >= 11 is 0. The first-order valence-electron chi connectivity index (χ1n) is 7.25. The number of nitrogens with one attached hydrogen (secondary N) is 2. The maximum atomic E-state index is 11.7. The van der Waals surface area contributed by atoms with E-state index in [1.807, 2.05) is 0 Å². The van der Waals surface area contributed by atoms with E-state index in [1.54, 1.807) is 0 Å². The van der Waals surface area contributed by atoms with Crippen molar-refractivity contribution < 1.29 is 4.79 Å². The van der Waals surface area contributed by atoms with E-state index in [9.17, 15) is 4.79 Å². The number of carbonyl (C=O) groups is 1. The van der Waals surface area contributed by atoms with Crippen LogP contribution in [0.25, 0.3) is 0 Å². The van der Waals surface area contributed by atoms with Gasteiger partial charge < -0.3 is 10.6 Å². The van der Waals surface area contributed by atoms with Crippen LogP contribution in [0.1, 0.15) is 65.2 Å². The highest BCUT2D eigenvalue weighted by atomic mass is 16.1. The molecule has 2 N–H and O–H groups in total. The summed E-state index contributed by atoms with van der Waals surface area (Å²) in [5.41, 5.74) is 0. The molecule has 0 spiro atoms. The van der Waals surface area contributed by atoms with Gasteiger partial charge in [-0.1, -0.05) is 39.0 Å². The molecule has 0 aromatic rings. The lowest BCUT2D eigenvalue weighted by Gasteiger charge is -2.15. The zero-order chi connectivity index (χ0) is 12.5. The molecule has 0 bridgehead atoms. The summed E-state index contributed by atoms with van der Waals surface area (Å²) in [6.45, 7) is 4.86. The Kier molecular flexibility index (Phi) is 7.25. The molecule has 0 aliphatic heterocycles. The van der Waals surface area contributed by atoms with Crippen molar-refractivity contribution in [3.63, 3.8) is 0 Å². The van der Waals surface area contributed by atoms with Crippen LogP contribution in [0.5, 0.6) is 0 Å². The molecule has 100 valence electrons. The van der Waals surface area contributed by atoms with E-state index in [0.29, 0.717) is 18.6 Å². The largest absolute Gasteiger partial charge is 0.352 e. The Morgan fingerprint density at radius 2 is 2.00 bits per heavy atom. The van der Waals surface area contributed by atoms with E-state index < -0.39 is 0 Å². The van der Waals surface area contributed by atoms with Crippen molar-refractivity contribution >= 4 is 5.91 Å². The molecule has 1 atom stereocenters. The van der Waals surface area contributed by atoms with Crippen LogP contribution >= 0.6 is 0 Å².